The third-order valence-electron chi connectivity index (χ3n) is 4.84. The molecular weight excluding hydrogens is 366 g/mol. The molecule has 3 aromatic rings. The first kappa shape index (κ1) is 17.4. The Bertz CT molecular complexity index is 1010. The van der Waals surface area contributed by atoms with Gasteiger partial charge in [0.2, 0.25) is 0 Å². The minimum absolute atomic E-state index is 0.00204. The van der Waals surface area contributed by atoms with Crippen LogP contribution in [-0.2, 0) is 6.54 Å². The fraction of sp³-hybridized carbons (Fsp3) is 0.350. The number of carbonyl (C=O) groups excluding carboxylic acids is 1. The number of aryl methyl sites for hydroxylation is 2. The highest BCUT2D eigenvalue weighted by Gasteiger charge is 2.29. The third kappa shape index (κ3) is 3.10. The highest BCUT2D eigenvalue weighted by molar-refractivity contribution is 7.20. The molecule has 2 heterocycles. The molecule has 0 atom stereocenters. The molecule has 0 bridgehead atoms. The predicted octanol–water partition coefficient (Wildman–Crippen LogP) is 5.11. The Morgan fingerprint density at radius 3 is 2.69 bits per heavy atom. The highest BCUT2D eigenvalue weighted by atomic mass is 35.5. The molecule has 1 amide bonds. The summed E-state index contributed by atoms with van der Waals surface area (Å²) in [5.41, 5.74) is 2.88. The molecule has 0 unspecified atom stereocenters. The standard InChI is InChI=1S/C20H20ClN3OS/c1-11-16-12(2)22-18(13-8-9-13)23-19(16)26-17(11)20(25)24(3)10-14-6-4-5-7-15(14)21/h4-7,13H,8-10H2,1-3H3. The van der Waals surface area contributed by atoms with Crippen molar-refractivity contribution in [2.45, 2.75) is 39.2 Å². The predicted molar refractivity (Wildman–Crippen MR) is 106 cm³/mol. The first-order valence-corrected chi connectivity index (χ1v) is 9.91. The van der Waals surface area contributed by atoms with Gasteiger partial charge in [-0.1, -0.05) is 29.8 Å². The monoisotopic (exact) mass is 385 g/mol. The molecule has 0 saturated heterocycles. The number of nitrogens with zero attached hydrogens (tertiary/aromatic N) is 3. The van der Waals surface area contributed by atoms with E-state index in [0.29, 0.717) is 17.5 Å². The molecule has 4 nitrogen and oxygen atoms in total. The molecule has 4 rings (SSSR count). The Hall–Kier alpha value is -1.98. The normalized spacial score (nSPS) is 14.0. The number of halogens is 1. The van der Waals surface area contributed by atoms with Crippen LogP contribution in [0.4, 0.5) is 0 Å². The average Bonchev–Trinajstić information content (AvgIpc) is 3.40. The van der Waals surface area contributed by atoms with Gasteiger partial charge >= 0.3 is 0 Å². The lowest BCUT2D eigenvalue weighted by atomic mass is 10.1. The maximum absolute atomic E-state index is 13.0. The molecule has 1 fully saturated rings. The smallest absolute Gasteiger partial charge is 0.264 e. The van der Waals surface area contributed by atoms with Crippen molar-refractivity contribution in [3.05, 3.63) is 56.8 Å². The summed E-state index contributed by atoms with van der Waals surface area (Å²) >= 11 is 7.71. The van der Waals surface area contributed by atoms with E-state index in [-0.39, 0.29) is 5.91 Å². The average molecular weight is 386 g/mol. The molecular formula is C20H20ClN3OS. The van der Waals surface area contributed by atoms with Crippen LogP contribution in [0.2, 0.25) is 5.02 Å². The first-order valence-electron chi connectivity index (χ1n) is 8.72. The molecule has 6 heteroatoms. The summed E-state index contributed by atoms with van der Waals surface area (Å²) in [6, 6.07) is 7.62. The summed E-state index contributed by atoms with van der Waals surface area (Å²) in [4.78, 5) is 25.8. The minimum Gasteiger partial charge on any atom is -0.337 e. The number of fused-ring (bicyclic) bond motifs is 1. The van der Waals surface area contributed by atoms with E-state index in [1.165, 1.54) is 24.2 Å². The molecule has 1 aliphatic rings. The Balaban J connectivity index is 1.67. The number of carbonyl (C=O) groups is 1. The van der Waals surface area contributed by atoms with E-state index >= 15 is 0 Å². The van der Waals surface area contributed by atoms with Crippen LogP contribution >= 0.6 is 22.9 Å². The maximum Gasteiger partial charge on any atom is 0.264 e. The minimum atomic E-state index is -0.00204. The van der Waals surface area contributed by atoms with Gasteiger partial charge in [0, 0.05) is 29.9 Å². The highest BCUT2D eigenvalue weighted by Crippen LogP contribution is 2.40. The lowest BCUT2D eigenvalue weighted by molar-refractivity contribution is 0.0789. The zero-order chi connectivity index (χ0) is 18.4. The first-order chi connectivity index (χ1) is 12.5. The van der Waals surface area contributed by atoms with Crippen LogP contribution in [-0.4, -0.2) is 27.8 Å². The van der Waals surface area contributed by atoms with Gasteiger partial charge in [-0.15, -0.1) is 11.3 Å². The Kier molecular flexibility index (Phi) is 4.45. The molecule has 0 radical (unpaired) electrons. The van der Waals surface area contributed by atoms with Gasteiger partial charge < -0.3 is 4.90 Å². The van der Waals surface area contributed by atoms with Gasteiger partial charge in [-0.2, -0.15) is 0 Å². The number of hydrogen-bond acceptors (Lipinski definition) is 4. The van der Waals surface area contributed by atoms with Crippen molar-refractivity contribution in [3.8, 4) is 0 Å². The fourth-order valence-corrected chi connectivity index (χ4v) is 4.64. The molecule has 134 valence electrons. The number of benzene rings is 1. The summed E-state index contributed by atoms with van der Waals surface area (Å²) < 4.78 is 0. The molecule has 0 aliphatic heterocycles. The second-order valence-electron chi connectivity index (χ2n) is 6.93. The van der Waals surface area contributed by atoms with Crippen LogP contribution in [0, 0.1) is 13.8 Å². The number of hydrogen-bond donors (Lipinski definition) is 0. The second-order valence-corrected chi connectivity index (χ2v) is 8.34. The van der Waals surface area contributed by atoms with Crippen LogP contribution in [0.1, 0.15) is 51.1 Å². The maximum atomic E-state index is 13.0. The van der Waals surface area contributed by atoms with Crippen molar-refractivity contribution in [1.29, 1.82) is 0 Å². The Morgan fingerprint density at radius 2 is 2.00 bits per heavy atom. The van der Waals surface area contributed by atoms with Crippen molar-refractivity contribution in [3.63, 3.8) is 0 Å². The van der Waals surface area contributed by atoms with Gasteiger partial charge in [0.1, 0.15) is 10.7 Å². The van der Waals surface area contributed by atoms with Gasteiger partial charge in [-0.05, 0) is 43.9 Å². The largest absolute Gasteiger partial charge is 0.337 e. The Morgan fingerprint density at radius 1 is 1.27 bits per heavy atom. The van der Waals surface area contributed by atoms with E-state index in [1.54, 1.807) is 4.90 Å². The summed E-state index contributed by atoms with van der Waals surface area (Å²) in [7, 11) is 1.81. The quantitative estimate of drug-likeness (QED) is 0.626. The van der Waals surface area contributed by atoms with Crippen LogP contribution in [0.5, 0.6) is 0 Å². The fourth-order valence-electron chi connectivity index (χ4n) is 3.22. The zero-order valence-corrected chi connectivity index (χ0v) is 16.6. The molecule has 26 heavy (non-hydrogen) atoms. The number of rotatable bonds is 4. The van der Waals surface area contributed by atoms with Crippen LogP contribution in [0.25, 0.3) is 10.2 Å². The van der Waals surface area contributed by atoms with Crippen molar-refractivity contribution in [1.82, 2.24) is 14.9 Å². The second kappa shape index (κ2) is 6.63. The van der Waals surface area contributed by atoms with Gasteiger partial charge in [0.15, 0.2) is 0 Å². The van der Waals surface area contributed by atoms with Crippen molar-refractivity contribution in [2.24, 2.45) is 0 Å². The molecule has 1 aromatic carbocycles. The van der Waals surface area contributed by atoms with Crippen molar-refractivity contribution >= 4 is 39.1 Å². The summed E-state index contributed by atoms with van der Waals surface area (Å²) in [5, 5.41) is 1.70. The van der Waals surface area contributed by atoms with Crippen LogP contribution in [0.15, 0.2) is 24.3 Å². The molecule has 2 aromatic heterocycles. The topological polar surface area (TPSA) is 46.1 Å². The van der Waals surface area contributed by atoms with Gasteiger partial charge in [-0.3, -0.25) is 4.79 Å². The molecule has 1 aliphatic carbocycles. The number of thiophene rings is 1. The van der Waals surface area contributed by atoms with E-state index < -0.39 is 0 Å². The SMILES string of the molecule is Cc1nc(C2CC2)nc2sc(C(=O)N(C)Cc3ccccc3Cl)c(C)c12. The number of aromatic nitrogens is 2. The lowest BCUT2D eigenvalue weighted by Crippen LogP contribution is -2.26. The summed E-state index contributed by atoms with van der Waals surface area (Å²) in [6.45, 7) is 4.48. The molecule has 0 spiro atoms. The van der Waals surface area contributed by atoms with E-state index in [2.05, 4.69) is 4.98 Å². The summed E-state index contributed by atoms with van der Waals surface area (Å²) in [6.07, 6.45) is 2.34. The van der Waals surface area contributed by atoms with Gasteiger partial charge in [0.05, 0.1) is 10.6 Å². The zero-order valence-electron chi connectivity index (χ0n) is 15.0. The van der Waals surface area contributed by atoms with Gasteiger partial charge in [-0.25, -0.2) is 9.97 Å². The summed E-state index contributed by atoms with van der Waals surface area (Å²) in [5.74, 6) is 1.43. The van der Waals surface area contributed by atoms with Crippen molar-refractivity contribution in [2.75, 3.05) is 7.05 Å². The van der Waals surface area contributed by atoms with Crippen LogP contribution in [0.3, 0.4) is 0 Å². The molecule has 0 N–H and O–H groups in total. The van der Waals surface area contributed by atoms with Gasteiger partial charge in [0.25, 0.3) is 5.91 Å². The lowest BCUT2D eigenvalue weighted by Gasteiger charge is -2.17. The number of amides is 1. The van der Waals surface area contributed by atoms with Crippen LogP contribution < -0.4 is 0 Å². The molecule has 1 saturated carbocycles. The van der Waals surface area contributed by atoms with E-state index in [4.69, 9.17) is 16.6 Å². The van der Waals surface area contributed by atoms with E-state index in [1.807, 2.05) is 45.2 Å². The third-order valence-corrected chi connectivity index (χ3v) is 6.38. The van der Waals surface area contributed by atoms with Crippen molar-refractivity contribution < 1.29 is 4.79 Å². The van der Waals surface area contributed by atoms with E-state index in [0.717, 1.165) is 37.7 Å². The Labute approximate surface area is 161 Å². The van der Waals surface area contributed by atoms with E-state index in [9.17, 15) is 4.79 Å².